The molecular formula is C16H18N4O. The zero-order valence-electron chi connectivity index (χ0n) is 12.2. The number of imidazole rings is 1. The van der Waals surface area contributed by atoms with Crippen LogP contribution < -0.4 is 10.5 Å². The van der Waals surface area contributed by atoms with E-state index in [9.17, 15) is 0 Å². The number of pyridine rings is 1. The van der Waals surface area contributed by atoms with Crippen LogP contribution in [0.1, 0.15) is 11.1 Å². The van der Waals surface area contributed by atoms with E-state index in [0.29, 0.717) is 5.95 Å². The predicted octanol–water partition coefficient (Wildman–Crippen LogP) is 2.57. The van der Waals surface area contributed by atoms with Gasteiger partial charge in [-0.15, -0.1) is 0 Å². The molecule has 0 saturated heterocycles. The Morgan fingerprint density at radius 2 is 2.10 bits per heavy atom. The van der Waals surface area contributed by atoms with E-state index in [2.05, 4.69) is 16.0 Å². The summed E-state index contributed by atoms with van der Waals surface area (Å²) >= 11 is 0. The maximum Gasteiger partial charge on any atom is 0.202 e. The minimum absolute atomic E-state index is 0.498. The number of benzene rings is 1. The second kappa shape index (κ2) is 5.44. The van der Waals surface area contributed by atoms with Crippen molar-refractivity contribution in [2.75, 3.05) is 12.8 Å². The molecule has 0 unspecified atom stereocenters. The second-order valence-electron chi connectivity index (χ2n) is 5.04. The predicted molar refractivity (Wildman–Crippen MR) is 83.4 cm³/mol. The summed E-state index contributed by atoms with van der Waals surface area (Å²) in [6, 6.07) is 10.00. The number of methoxy groups -OCH3 is 1. The summed E-state index contributed by atoms with van der Waals surface area (Å²) in [4.78, 5) is 8.82. The van der Waals surface area contributed by atoms with Gasteiger partial charge in [0.05, 0.1) is 7.11 Å². The number of fused-ring (bicyclic) bond motifs is 1. The first-order valence-electron chi connectivity index (χ1n) is 6.89. The summed E-state index contributed by atoms with van der Waals surface area (Å²) in [5.41, 5.74) is 9.91. The van der Waals surface area contributed by atoms with Crippen molar-refractivity contribution in [1.29, 1.82) is 0 Å². The minimum atomic E-state index is 0.498. The van der Waals surface area contributed by atoms with Gasteiger partial charge in [0.15, 0.2) is 5.65 Å². The van der Waals surface area contributed by atoms with Gasteiger partial charge >= 0.3 is 0 Å². The fraction of sp³-hybridized carbons (Fsp3) is 0.250. The Hall–Kier alpha value is -2.56. The highest BCUT2D eigenvalue weighted by molar-refractivity contribution is 5.74. The molecule has 2 aromatic heterocycles. The van der Waals surface area contributed by atoms with Crippen molar-refractivity contribution in [3.63, 3.8) is 0 Å². The van der Waals surface area contributed by atoms with Gasteiger partial charge in [0, 0.05) is 12.7 Å². The minimum Gasteiger partial charge on any atom is -0.496 e. The molecule has 0 aliphatic rings. The van der Waals surface area contributed by atoms with Gasteiger partial charge in [-0.2, -0.15) is 0 Å². The number of rotatable bonds is 4. The van der Waals surface area contributed by atoms with Gasteiger partial charge in [0.1, 0.15) is 11.3 Å². The number of nitrogens with two attached hydrogens (primary N) is 1. The molecule has 0 fully saturated rings. The van der Waals surface area contributed by atoms with E-state index in [0.717, 1.165) is 41.0 Å². The zero-order chi connectivity index (χ0) is 14.8. The van der Waals surface area contributed by atoms with Crippen LogP contribution in [0.25, 0.3) is 11.2 Å². The molecule has 3 rings (SSSR count). The number of aromatic nitrogens is 3. The van der Waals surface area contributed by atoms with Gasteiger partial charge < -0.3 is 10.5 Å². The fourth-order valence-corrected chi connectivity index (χ4v) is 2.49. The second-order valence-corrected chi connectivity index (χ2v) is 5.04. The normalized spacial score (nSPS) is 11.0. The Morgan fingerprint density at radius 1 is 1.29 bits per heavy atom. The topological polar surface area (TPSA) is 66.0 Å². The average molecular weight is 282 g/mol. The number of ether oxygens (including phenoxy) is 1. The maximum atomic E-state index is 6.02. The molecule has 2 heterocycles. The molecule has 0 saturated carbocycles. The Morgan fingerprint density at radius 3 is 2.90 bits per heavy atom. The summed E-state index contributed by atoms with van der Waals surface area (Å²) < 4.78 is 7.32. The number of hydrogen-bond acceptors (Lipinski definition) is 4. The third-order valence-corrected chi connectivity index (χ3v) is 3.55. The first-order chi connectivity index (χ1) is 10.2. The van der Waals surface area contributed by atoms with Gasteiger partial charge in [0.2, 0.25) is 5.95 Å². The molecule has 0 radical (unpaired) electrons. The van der Waals surface area contributed by atoms with Crippen LogP contribution in [-0.4, -0.2) is 21.6 Å². The Labute approximate surface area is 123 Å². The lowest BCUT2D eigenvalue weighted by atomic mass is 10.1. The number of nitrogens with zero attached hydrogens (tertiary/aromatic N) is 3. The van der Waals surface area contributed by atoms with E-state index < -0.39 is 0 Å². The smallest absolute Gasteiger partial charge is 0.202 e. The standard InChI is InChI=1S/C16H18N4O/c1-11-9-13-15(18-10-11)20(16(17)19-13)8-7-12-5-3-4-6-14(12)21-2/h3-6,9-10H,7-8H2,1-2H3,(H2,17,19). The summed E-state index contributed by atoms with van der Waals surface area (Å²) in [5.74, 6) is 1.39. The third kappa shape index (κ3) is 2.54. The quantitative estimate of drug-likeness (QED) is 0.798. The van der Waals surface area contributed by atoms with E-state index >= 15 is 0 Å². The largest absolute Gasteiger partial charge is 0.496 e. The lowest BCUT2D eigenvalue weighted by Crippen LogP contribution is -2.07. The highest BCUT2D eigenvalue weighted by Crippen LogP contribution is 2.21. The van der Waals surface area contributed by atoms with Crippen LogP contribution in [0.2, 0.25) is 0 Å². The molecule has 1 aromatic carbocycles. The molecule has 0 aliphatic carbocycles. The van der Waals surface area contributed by atoms with Crippen LogP contribution in [0, 0.1) is 6.92 Å². The van der Waals surface area contributed by atoms with Crippen molar-refractivity contribution in [1.82, 2.24) is 14.5 Å². The highest BCUT2D eigenvalue weighted by Gasteiger charge is 2.10. The molecule has 3 aromatic rings. The molecule has 0 amide bonds. The van der Waals surface area contributed by atoms with E-state index in [1.807, 2.05) is 42.0 Å². The molecule has 0 aliphatic heterocycles. The van der Waals surface area contributed by atoms with E-state index in [-0.39, 0.29) is 0 Å². The third-order valence-electron chi connectivity index (χ3n) is 3.55. The van der Waals surface area contributed by atoms with Crippen molar-refractivity contribution in [2.45, 2.75) is 19.9 Å². The number of hydrogen-bond donors (Lipinski definition) is 1. The van der Waals surface area contributed by atoms with Crippen molar-refractivity contribution >= 4 is 17.1 Å². The van der Waals surface area contributed by atoms with Gasteiger partial charge in [-0.3, -0.25) is 4.57 Å². The molecule has 5 heteroatoms. The van der Waals surface area contributed by atoms with Crippen LogP contribution in [0.15, 0.2) is 36.5 Å². The number of nitrogen functional groups attached to an aromatic ring is 1. The van der Waals surface area contributed by atoms with Crippen molar-refractivity contribution < 1.29 is 4.74 Å². The molecular weight excluding hydrogens is 264 g/mol. The summed E-state index contributed by atoms with van der Waals surface area (Å²) in [5, 5.41) is 0. The molecule has 21 heavy (non-hydrogen) atoms. The van der Waals surface area contributed by atoms with Crippen LogP contribution in [0.4, 0.5) is 5.95 Å². The SMILES string of the molecule is COc1ccccc1CCn1c(N)nc2cc(C)cnc21. The maximum absolute atomic E-state index is 6.02. The Kier molecular flexibility index (Phi) is 3.48. The molecule has 0 spiro atoms. The average Bonchev–Trinajstić information content (AvgIpc) is 2.80. The van der Waals surface area contributed by atoms with Gasteiger partial charge in [-0.25, -0.2) is 9.97 Å². The highest BCUT2D eigenvalue weighted by atomic mass is 16.5. The first-order valence-corrected chi connectivity index (χ1v) is 6.89. The molecule has 2 N–H and O–H groups in total. The van der Waals surface area contributed by atoms with Gasteiger partial charge in [-0.05, 0) is 36.6 Å². The summed E-state index contributed by atoms with van der Waals surface area (Å²) in [6.45, 7) is 2.72. The first kappa shape index (κ1) is 13.4. The van der Waals surface area contributed by atoms with Crippen molar-refractivity contribution in [2.24, 2.45) is 0 Å². The lowest BCUT2D eigenvalue weighted by Gasteiger charge is -2.09. The molecule has 0 atom stereocenters. The molecule has 5 nitrogen and oxygen atoms in total. The molecule has 0 bridgehead atoms. The molecule has 108 valence electrons. The van der Waals surface area contributed by atoms with Crippen LogP contribution >= 0.6 is 0 Å². The van der Waals surface area contributed by atoms with E-state index in [1.165, 1.54) is 0 Å². The Bertz CT molecular complexity index is 779. The van der Waals surface area contributed by atoms with Gasteiger partial charge in [-0.1, -0.05) is 18.2 Å². The van der Waals surface area contributed by atoms with Crippen molar-refractivity contribution in [3.8, 4) is 5.75 Å². The zero-order valence-corrected chi connectivity index (χ0v) is 12.2. The van der Waals surface area contributed by atoms with Gasteiger partial charge in [0.25, 0.3) is 0 Å². The van der Waals surface area contributed by atoms with E-state index in [4.69, 9.17) is 10.5 Å². The Balaban J connectivity index is 1.90. The van der Waals surface area contributed by atoms with Crippen LogP contribution in [0.3, 0.4) is 0 Å². The summed E-state index contributed by atoms with van der Waals surface area (Å²) in [7, 11) is 1.68. The van der Waals surface area contributed by atoms with Crippen LogP contribution in [0.5, 0.6) is 5.75 Å². The monoisotopic (exact) mass is 282 g/mol. The number of aryl methyl sites for hydroxylation is 3. The lowest BCUT2D eigenvalue weighted by molar-refractivity contribution is 0.408. The fourth-order valence-electron chi connectivity index (χ4n) is 2.49. The van der Waals surface area contributed by atoms with E-state index in [1.54, 1.807) is 7.11 Å². The number of anilines is 1. The summed E-state index contributed by atoms with van der Waals surface area (Å²) in [6.07, 6.45) is 2.65. The van der Waals surface area contributed by atoms with Crippen molar-refractivity contribution in [3.05, 3.63) is 47.7 Å². The van der Waals surface area contributed by atoms with Crippen LogP contribution in [-0.2, 0) is 13.0 Å². The number of para-hydroxylation sites is 1.